The molecular formula is C12H12N2. The van der Waals surface area contributed by atoms with E-state index in [1.165, 1.54) is 5.39 Å². The maximum Gasteiger partial charge on any atom is 0.0701 e. The lowest BCUT2D eigenvalue weighted by Crippen LogP contribution is -1.73. The van der Waals surface area contributed by atoms with Gasteiger partial charge in [-0.05, 0) is 12.1 Å². The Bertz CT molecular complexity index is 364. The zero-order chi connectivity index (χ0) is 10.2. The molecule has 2 heteroatoms. The lowest BCUT2D eigenvalue weighted by Gasteiger charge is -1.91. The molecule has 0 N–H and O–H groups in total. The highest BCUT2D eigenvalue weighted by Gasteiger charge is 1.86. The molecule has 1 aromatic heterocycles. The van der Waals surface area contributed by atoms with Gasteiger partial charge in [-0.25, -0.2) is 0 Å². The summed E-state index contributed by atoms with van der Waals surface area (Å²) in [6.07, 6.45) is 2.43. The van der Waals surface area contributed by atoms with E-state index in [0.717, 1.165) is 5.52 Å². The highest BCUT2D eigenvalue weighted by Crippen LogP contribution is 2.07. The van der Waals surface area contributed by atoms with E-state index in [2.05, 4.69) is 17.1 Å². The van der Waals surface area contributed by atoms with Gasteiger partial charge in [0, 0.05) is 18.0 Å². The Morgan fingerprint density at radius 2 is 1.86 bits per heavy atom. The minimum absolute atomic E-state index is 0.625. The molecule has 1 heterocycles. The summed E-state index contributed by atoms with van der Waals surface area (Å²) in [6.45, 7) is 1.82. The van der Waals surface area contributed by atoms with E-state index in [4.69, 9.17) is 5.26 Å². The second-order valence-corrected chi connectivity index (χ2v) is 2.71. The van der Waals surface area contributed by atoms with Crippen LogP contribution >= 0.6 is 0 Å². The quantitative estimate of drug-likeness (QED) is 0.630. The van der Waals surface area contributed by atoms with Crippen molar-refractivity contribution in [2.24, 2.45) is 0 Å². The molecule has 0 atom stereocenters. The van der Waals surface area contributed by atoms with Gasteiger partial charge in [0.05, 0.1) is 11.6 Å². The third-order valence-corrected chi connectivity index (χ3v) is 1.67. The lowest BCUT2D eigenvalue weighted by molar-refractivity contribution is 1.22. The molecule has 1 aromatic carbocycles. The largest absolute Gasteiger partial charge is 0.256 e. The van der Waals surface area contributed by atoms with Crippen LogP contribution in [0, 0.1) is 11.3 Å². The van der Waals surface area contributed by atoms with Gasteiger partial charge in [0.1, 0.15) is 0 Å². The Labute approximate surface area is 83.8 Å². The third kappa shape index (κ3) is 2.87. The summed E-state index contributed by atoms with van der Waals surface area (Å²) in [7, 11) is 0. The smallest absolute Gasteiger partial charge is 0.0701 e. The first kappa shape index (κ1) is 10.2. The Kier molecular flexibility index (Phi) is 4.16. The van der Waals surface area contributed by atoms with Crippen molar-refractivity contribution < 1.29 is 0 Å². The van der Waals surface area contributed by atoms with Crippen molar-refractivity contribution in [1.29, 1.82) is 5.26 Å². The van der Waals surface area contributed by atoms with Crippen LogP contribution in [-0.2, 0) is 0 Å². The molecule has 0 saturated carbocycles. The number of hydrogen-bond acceptors (Lipinski definition) is 2. The minimum atomic E-state index is 0.625. The molecule has 2 aromatic rings. The van der Waals surface area contributed by atoms with E-state index in [9.17, 15) is 0 Å². The fourth-order valence-corrected chi connectivity index (χ4v) is 1.02. The summed E-state index contributed by atoms with van der Waals surface area (Å²) in [6, 6.07) is 14.0. The number of benzene rings is 1. The Morgan fingerprint density at radius 1 is 1.21 bits per heavy atom. The Hall–Kier alpha value is -1.88. The van der Waals surface area contributed by atoms with Crippen LogP contribution in [0.3, 0.4) is 0 Å². The van der Waals surface area contributed by atoms with Gasteiger partial charge >= 0.3 is 0 Å². The van der Waals surface area contributed by atoms with Crippen molar-refractivity contribution in [2.45, 2.75) is 13.3 Å². The summed E-state index contributed by atoms with van der Waals surface area (Å²) in [4.78, 5) is 4.18. The predicted molar refractivity (Wildman–Crippen MR) is 57.6 cm³/mol. The first-order valence-corrected chi connectivity index (χ1v) is 4.55. The molecule has 14 heavy (non-hydrogen) atoms. The van der Waals surface area contributed by atoms with E-state index in [1.807, 2.05) is 43.5 Å². The molecule has 2 nitrogen and oxygen atoms in total. The van der Waals surface area contributed by atoms with Gasteiger partial charge in [0.2, 0.25) is 0 Å². The molecule has 0 radical (unpaired) electrons. The van der Waals surface area contributed by atoms with Gasteiger partial charge in [-0.3, -0.25) is 4.98 Å². The molecule has 0 aliphatic carbocycles. The zero-order valence-corrected chi connectivity index (χ0v) is 8.14. The van der Waals surface area contributed by atoms with Gasteiger partial charge in [-0.2, -0.15) is 5.26 Å². The monoisotopic (exact) mass is 184 g/mol. The first-order valence-electron chi connectivity index (χ1n) is 4.55. The van der Waals surface area contributed by atoms with E-state index in [-0.39, 0.29) is 0 Å². The topological polar surface area (TPSA) is 36.7 Å². The minimum Gasteiger partial charge on any atom is -0.256 e. The Morgan fingerprint density at radius 3 is 2.50 bits per heavy atom. The number of pyridine rings is 1. The molecule has 70 valence electrons. The normalized spacial score (nSPS) is 8.57. The number of nitriles is 1. The number of para-hydroxylation sites is 1. The van der Waals surface area contributed by atoms with Crippen LogP contribution in [0.25, 0.3) is 10.9 Å². The number of hydrogen-bond donors (Lipinski definition) is 0. The molecule has 0 unspecified atom stereocenters. The summed E-state index contributed by atoms with van der Waals surface area (Å²) < 4.78 is 0. The van der Waals surface area contributed by atoms with Gasteiger partial charge in [-0.15, -0.1) is 0 Å². The molecular weight excluding hydrogens is 172 g/mol. The number of nitrogens with zero attached hydrogens (tertiary/aromatic N) is 2. The first-order chi connectivity index (χ1) is 6.88. The molecule has 0 saturated heterocycles. The van der Waals surface area contributed by atoms with Gasteiger partial charge in [0.15, 0.2) is 0 Å². The van der Waals surface area contributed by atoms with Crippen molar-refractivity contribution in [2.75, 3.05) is 0 Å². The van der Waals surface area contributed by atoms with Crippen molar-refractivity contribution >= 4 is 10.9 Å². The molecule has 0 amide bonds. The van der Waals surface area contributed by atoms with Crippen molar-refractivity contribution in [3.05, 3.63) is 42.6 Å². The highest BCUT2D eigenvalue weighted by molar-refractivity contribution is 5.77. The maximum absolute atomic E-state index is 7.62. The fraction of sp³-hybridized carbons (Fsp3) is 0.167. The van der Waals surface area contributed by atoms with Crippen molar-refractivity contribution in [1.82, 2.24) is 4.98 Å². The Balaban J connectivity index is 0.000000213. The lowest BCUT2D eigenvalue weighted by atomic mass is 10.2. The average molecular weight is 184 g/mol. The van der Waals surface area contributed by atoms with Crippen LogP contribution in [0.1, 0.15) is 13.3 Å². The molecule has 0 spiro atoms. The highest BCUT2D eigenvalue weighted by atomic mass is 14.6. The number of rotatable bonds is 0. The van der Waals surface area contributed by atoms with E-state index < -0.39 is 0 Å². The van der Waals surface area contributed by atoms with Crippen LogP contribution < -0.4 is 0 Å². The van der Waals surface area contributed by atoms with Gasteiger partial charge in [0.25, 0.3) is 0 Å². The summed E-state index contributed by atoms with van der Waals surface area (Å²) in [5.41, 5.74) is 1.06. The second kappa shape index (κ2) is 5.71. The standard InChI is InChI=1S/C9H7N.C3H5N/c1-2-6-9-8(4-1)5-3-7-10-9;1-2-3-4/h1-7H;2H2,1H3. The van der Waals surface area contributed by atoms with Crippen molar-refractivity contribution in [3.63, 3.8) is 0 Å². The number of fused-ring (bicyclic) bond motifs is 1. The van der Waals surface area contributed by atoms with E-state index in [0.29, 0.717) is 6.42 Å². The van der Waals surface area contributed by atoms with Crippen LogP contribution in [-0.4, -0.2) is 4.98 Å². The van der Waals surface area contributed by atoms with Crippen LogP contribution in [0.4, 0.5) is 0 Å². The fourth-order valence-electron chi connectivity index (χ4n) is 1.02. The van der Waals surface area contributed by atoms with Gasteiger partial charge < -0.3 is 0 Å². The number of aromatic nitrogens is 1. The molecule has 0 aliphatic heterocycles. The van der Waals surface area contributed by atoms with Crippen LogP contribution in [0.15, 0.2) is 42.6 Å². The molecule has 0 fully saturated rings. The zero-order valence-electron chi connectivity index (χ0n) is 8.14. The maximum atomic E-state index is 7.62. The average Bonchev–Trinajstić information content (AvgIpc) is 2.30. The van der Waals surface area contributed by atoms with Crippen LogP contribution in [0.5, 0.6) is 0 Å². The summed E-state index contributed by atoms with van der Waals surface area (Å²) in [5.74, 6) is 0. The molecule has 2 rings (SSSR count). The summed E-state index contributed by atoms with van der Waals surface area (Å²) in [5, 5.41) is 8.82. The summed E-state index contributed by atoms with van der Waals surface area (Å²) >= 11 is 0. The molecule has 0 bridgehead atoms. The van der Waals surface area contributed by atoms with E-state index >= 15 is 0 Å². The van der Waals surface area contributed by atoms with E-state index in [1.54, 1.807) is 0 Å². The SMILES string of the molecule is CCC#N.c1ccc2ncccc2c1. The predicted octanol–water partition coefficient (Wildman–Crippen LogP) is 3.15. The second-order valence-electron chi connectivity index (χ2n) is 2.71. The van der Waals surface area contributed by atoms with Crippen LogP contribution in [0.2, 0.25) is 0 Å². The van der Waals surface area contributed by atoms with Crippen molar-refractivity contribution in [3.8, 4) is 6.07 Å². The molecule has 0 aliphatic rings. The third-order valence-electron chi connectivity index (χ3n) is 1.67. The van der Waals surface area contributed by atoms with Gasteiger partial charge in [-0.1, -0.05) is 31.2 Å².